The Morgan fingerprint density at radius 2 is 2.39 bits per heavy atom. The van der Waals surface area contributed by atoms with Crippen LogP contribution in [-0.4, -0.2) is 17.4 Å². The van der Waals surface area contributed by atoms with Crippen molar-refractivity contribution >= 4 is 11.8 Å². The maximum Gasteiger partial charge on any atom is 0.240 e. The van der Waals surface area contributed by atoms with Crippen molar-refractivity contribution in [1.82, 2.24) is 5.48 Å². The predicted octanol–water partition coefficient (Wildman–Crippen LogP) is 1.89. The molecule has 0 bridgehead atoms. The van der Waals surface area contributed by atoms with Gasteiger partial charge in [0, 0.05) is 5.56 Å². The molecule has 0 radical (unpaired) electrons. The van der Waals surface area contributed by atoms with Crippen molar-refractivity contribution in [3.8, 4) is 0 Å². The second-order valence-electron chi connectivity index (χ2n) is 4.40. The summed E-state index contributed by atoms with van der Waals surface area (Å²) in [5.41, 5.74) is 5.10. The Kier molecular flexibility index (Phi) is 4.23. The first-order chi connectivity index (χ1) is 8.72. The summed E-state index contributed by atoms with van der Waals surface area (Å²) < 4.78 is 0. The molecule has 0 aliphatic heterocycles. The summed E-state index contributed by atoms with van der Waals surface area (Å²) in [6, 6.07) is 5.68. The number of nitrogens with zero attached hydrogens (tertiary/aromatic N) is 1. The Morgan fingerprint density at radius 3 is 3.00 bits per heavy atom. The fourth-order valence-corrected chi connectivity index (χ4v) is 1.91. The molecule has 2 rings (SSSR count). The predicted molar refractivity (Wildman–Crippen MR) is 65.8 cm³/mol. The first-order valence-electron chi connectivity index (χ1n) is 5.97. The molecule has 0 heterocycles. The highest BCUT2D eigenvalue weighted by Crippen LogP contribution is 2.43. The van der Waals surface area contributed by atoms with E-state index in [1.54, 1.807) is 19.1 Å². The number of hydroxylamine groups is 1. The molecule has 0 amide bonds. The van der Waals surface area contributed by atoms with Crippen molar-refractivity contribution in [3.05, 3.63) is 29.3 Å². The zero-order chi connectivity index (χ0) is 13.0. The lowest BCUT2D eigenvalue weighted by molar-refractivity contribution is -0.0574. The average molecular weight is 248 g/mol. The smallest absolute Gasteiger partial charge is 0.240 e. The number of hydrogen-bond donors (Lipinski definition) is 2. The third-order valence-electron chi connectivity index (χ3n) is 2.84. The summed E-state index contributed by atoms with van der Waals surface area (Å²) in [6.45, 7) is 1.83. The highest BCUT2D eigenvalue weighted by molar-refractivity contribution is 5.57. The van der Waals surface area contributed by atoms with Gasteiger partial charge in [-0.05, 0) is 37.3 Å². The highest BCUT2D eigenvalue weighted by atomic mass is 16.7. The molecule has 18 heavy (non-hydrogen) atoms. The molecule has 5 heteroatoms. The minimum Gasteiger partial charge on any atom is -0.377 e. The Labute approximate surface area is 105 Å². The molecule has 96 valence electrons. The monoisotopic (exact) mass is 248 g/mol. The fourth-order valence-electron chi connectivity index (χ4n) is 1.91. The number of aliphatic hydroxyl groups is 1. The van der Waals surface area contributed by atoms with E-state index in [1.165, 1.54) is 5.56 Å². The lowest BCUT2D eigenvalue weighted by Crippen LogP contribution is -2.25. The summed E-state index contributed by atoms with van der Waals surface area (Å²) >= 11 is 0. The van der Waals surface area contributed by atoms with Crippen LogP contribution >= 0.6 is 0 Å². The molecule has 5 nitrogen and oxygen atoms in total. The fraction of sp³-hybridized carbons (Fsp3) is 0.462. The molecular weight excluding hydrogens is 232 g/mol. The van der Waals surface area contributed by atoms with E-state index < -0.39 is 6.23 Å². The van der Waals surface area contributed by atoms with Crippen molar-refractivity contribution in [1.29, 1.82) is 0 Å². The topological polar surface area (TPSA) is 70.9 Å². The second kappa shape index (κ2) is 5.89. The minimum absolute atomic E-state index is 0.262. The summed E-state index contributed by atoms with van der Waals surface area (Å²) in [7, 11) is 0. The van der Waals surface area contributed by atoms with Gasteiger partial charge in [0.05, 0.1) is 12.3 Å². The zero-order valence-electron chi connectivity index (χ0n) is 10.2. The number of rotatable bonds is 6. The maximum atomic E-state index is 10.4. The second-order valence-corrected chi connectivity index (χ2v) is 4.40. The summed E-state index contributed by atoms with van der Waals surface area (Å²) in [4.78, 5) is 19.3. The van der Waals surface area contributed by atoms with Crippen LogP contribution in [0.1, 0.15) is 36.8 Å². The molecule has 1 unspecified atom stereocenters. The van der Waals surface area contributed by atoms with Crippen LogP contribution in [0.15, 0.2) is 23.2 Å². The largest absolute Gasteiger partial charge is 0.377 e. The van der Waals surface area contributed by atoms with Gasteiger partial charge in [0.2, 0.25) is 6.08 Å². The van der Waals surface area contributed by atoms with Crippen molar-refractivity contribution in [2.75, 3.05) is 0 Å². The Balaban J connectivity index is 2.19. The van der Waals surface area contributed by atoms with E-state index in [2.05, 4.69) is 10.5 Å². The normalized spacial score (nSPS) is 16.1. The number of isocyanates is 1. The van der Waals surface area contributed by atoms with E-state index in [0.717, 1.165) is 18.4 Å². The van der Waals surface area contributed by atoms with Crippen LogP contribution in [0.2, 0.25) is 0 Å². The van der Waals surface area contributed by atoms with E-state index in [4.69, 9.17) is 9.94 Å². The molecule has 2 N–H and O–H groups in total. The quantitative estimate of drug-likeness (QED) is 0.349. The van der Waals surface area contributed by atoms with Crippen LogP contribution < -0.4 is 5.48 Å². The average Bonchev–Trinajstić information content (AvgIpc) is 3.14. The lowest BCUT2D eigenvalue weighted by Gasteiger charge is -2.13. The van der Waals surface area contributed by atoms with E-state index >= 15 is 0 Å². The van der Waals surface area contributed by atoms with Gasteiger partial charge >= 0.3 is 0 Å². The van der Waals surface area contributed by atoms with Crippen molar-refractivity contribution in [2.24, 2.45) is 4.99 Å². The number of benzene rings is 1. The van der Waals surface area contributed by atoms with E-state index in [-0.39, 0.29) is 6.61 Å². The van der Waals surface area contributed by atoms with Crippen LogP contribution in [0.5, 0.6) is 0 Å². The summed E-state index contributed by atoms with van der Waals surface area (Å²) in [6.07, 6.45) is 3.14. The number of hydrogen-bond acceptors (Lipinski definition) is 5. The van der Waals surface area contributed by atoms with Gasteiger partial charge in [-0.2, -0.15) is 10.5 Å². The lowest BCUT2D eigenvalue weighted by atomic mass is 10.0. The van der Waals surface area contributed by atoms with Gasteiger partial charge in [0.15, 0.2) is 0 Å². The van der Waals surface area contributed by atoms with Crippen molar-refractivity contribution in [2.45, 2.75) is 38.5 Å². The van der Waals surface area contributed by atoms with Crippen LogP contribution in [0.3, 0.4) is 0 Å². The standard InChI is InChI=1S/C13H16N2O3/c1-9(17)15-18-7-12-11(10-5-6-10)3-2-4-13(12)14-8-16/h2-4,9-10,15,17H,5-7H2,1H3. The molecule has 1 aliphatic rings. The van der Waals surface area contributed by atoms with E-state index in [9.17, 15) is 4.79 Å². The van der Waals surface area contributed by atoms with Gasteiger partial charge in [-0.3, -0.25) is 4.84 Å². The molecule has 1 aromatic rings. The van der Waals surface area contributed by atoms with Crippen LogP contribution in [0.25, 0.3) is 0 Å². The van der Waals surface area contributed by atoms with Gasteiger partial charge in [-0.25, -0.2) is 4.79 Å². The van der Waals surface area contributed by atoms with Gasteiger partial charge in [0.1, 0.15) is 6.23 Å². The third kappa shape index (κ3) is 3.24. The highest BCUT2D eigenvalue weighted by Gasteiger charge is 2.27. The number of nitrogens with one attached hydrogen (secondary N) is 1. The molecule has 1 saturated carbocycles. The molecule has 0 saturated heterocycles. The van der Waals surface area contributed by atoms with E-state index in [0.29, 0.717) is 11.6 Å². The molecular formula is C13H16N2O3. The van der Waals surface area contributed by atoms with Gasteiger partial charge in [-0.15, -0.1) is 0 Å². The third-order valence-corrected chi connectivity index (χ3v) is 2.84. The van der Waals surface area contributed by atoms with Crippen LogP contribution in [-0.2, 0) is 16.2 Å². The van der Waals surface area contributed by atoms with Crippen LogP contribution in [0.4, 0.5) is 5.69 Å². The molecule has 1 aliphatic carbocycles. The zero-order valence-corrected chi connectivity index (χ0v) is 10.2. The molecule has 1 atom stereocenters. The Morgan fingerprint density at radius 1 is 1.61 bits per heavy atom. The number of carbonyl (C=O) groups excluding carboxylic acids is 1. The van der Waals surface area contributed by atoms with Crippen molar-refractivity contribution < 1.29 is 14.7 Å². The van der Waals surface area contributed by atoms with Gasteiger partial charge in [0.25, 0.3) is 0 Å². The Hall–Kier alpha value is -1.52. The summed E-state index contributed by atoms with van der Waals surface area (Å²) in [5, 5.41) is 9.07. The maximum absolute atomic E-state index is 10.4. The van der Waals surface area contributed by atoms with Gasteiger partial charge < -0.3 is 5.11 Å². The first-order valence-corrected chi connectivity index (χ1v) is 5.97. The van der Waals surface area contributed by atoms with Crippen molar-refractivity contribution in [3.63, 3.8) is 0 Å². The minimum atomic E-state index is -0.740. The Bertz CT molecular complexity index is 463. The number of aliphatic imine (C=N–C) groups is 1. The SMILES string of the molecule is CC(O)NOCc1c(N=C=O)cccc1C1CC1. The molecule has 1 fully saturated rings. The molecule has 0 aromatic heterocycles. The van der Waals surface area contributed by atoms with Crippen LogP contribution in [0, 0.1) is 0 Å². The number of aliphatic hydroxyl groups excluding tert-OH is 1. The van der Waals surface area contributed by atoms with E-state index in [1.807, 2.05) is 12.1 Å². The first kappa shape index (κ1) is 12.9. The summed E-state index contributed by atoms with van der Waals surface area (Å²) in [5.74, 6) is 0.539. The van der Waals surface area contributed by atoms with Gasteiger partial charge in [-0.1, -0.05) is 12.1 Å². The molecule has 0 spiro atoms. The molecule has 1 aromatic carbocycles.